The van der Waals surface area contributed by atoms with E-state index in [4.69, 9.17) is 0 Å². The van der Waals surface area contributed by atoms with Crippen molar-refractivity contribution in [1.82, 2.24) is 15.0 Å². The third kappa shape index (κ3) is 2.95. The SMILES string of the molecule is c1ccc(-c2ccnc(NCc3cccs3)n2)nc1. The summed E-state index contributed by atoms with van der Waals surface area (Å²) >= 11 is 1.71. The van der Waals surface area contributed by atoms with Gasteiger partial charge >= 0.3 is 0 Å². The Morgan fingerprint density at radius 2 is 1.95 bits per heavy atom. The zero-order chi connectivity index (χ0) is 12.9. The lowest BCUT2D eigenvalue weighted by Crippen LogP contribution is -2.02. The molecule has 0 saturated heterocycles. The van der Waals surface area contributed by atoms with Gasteiger partial charge in [-0.3, -0.25) is 4.98 Å². The van der Waals surface area contributed by atoms with Crippen molar-refractivity contribution >= 4 is 17.3 Å². The zero-order valence-corrected chi connectivity index (χ0v) is 11.0. The van der Waals surface area contributed by atoms with Crippen LogP contribution in [0.25, 0.3) is 11.4 Å². The van der Waals surface area contributed by atoms with Gasteiger partial charge < -0.3 is 5.32 Å². The zero-order valence-electron chi connectivity index (χ0n) is 10.2. The summed E-state index contributed by atoms with van der Waals surface area (Å²) in [6, 6.07) is 11.8. The van der Waals surface area contributed by atoms with E-state index in [0.29, 0.717) is 5.95 Å². The first kappa shape index (κ1) is 11.8. The number of thiophene rings is 1. The molecule has 0 unspecified atom stereocenters. The van der Waals surface area contributed by atoms with Gasteiger partial charge in [0, 0.05) is 17.3 Å². The highest BCUT2D eigenvalue weighted by atomic mass is 32.1. The van der Waals surface area contributed by atoms with Crippen LogP contribution in [0.5, 0.6) is 0 Å². The molecule has 0 amide bonds. The summed E-state index contributed by atoms with van der Waals surface area (Å²) in [5.41, 5.74) is 1.67. The van der Waals surface area contributed by atoms with E-state index in [9.17, 15) is 0 Å². The van der Waals surface area contributed by atoms with Crippen molar-refractivity contribution in [3.8, 4) is 11.4 Å². The van der Waals surface area contributed by atoms with E-state index < -0.39 is 0 Å². The number of nitrogens with zero attached hydrogens (tertiary/aromatic N) is 3. The summed E-state index contributed by atoms with van der Waals surface area (Å²) < 4.78 is 0. The Kier molecular flexibility index (Phi) is 3.47. The molecule has 3 rings (SSSR count). The second kappa shape index (κ2) is 5.58. The van der Waals surface area contributed by atoms with Crippen molar-refractivity contribution in [2.45, 2.75) is 6.54 Å². The van der Waals surface area contributed by atoms with E-state index in [1.54, 1.807) is 23.7 Å². The predicted octanol–water partition coefficient (Wildman–Crippen LogP) is 3.21. The Morgan fingerprint density at radius 3 is 2.74 bits per heavy atom. The maximum Gasteiger partial charge on any atom is 0.223 e. The highest BCUT2D eigenvalue weighted by Crippen LogP contribution is 2.15. The number of hydrogen-bond acceptors (Lipinski definition) is 5. The monoisotopic (exact) mass is 268 g/mol. The fourth-order valence-electron chi connectivity index (χ4n) is 1.68. The van der Waals surface area contributed by atoms with Crippen molar-refractivity contribution in [1.29, 1.82) is 0 Å². The van der Waals surface area contributed by atoms with E-state index in [1.165, 1.54) is 4.88 Å². The molecule has 0 aliphatic carbocycles. The van der Waals surface area contributed by atoms with Gasteiger partial charge in [-0.1, -0.05) is 12.1 Å². The molecule has 0 atom stereocenters. The Bertz CT molecular complexity index is 638. The average molecular weight is 268 g/mol. The third-order valence-electron chi connectivity index (χ3n) is 2.58. The molecule has 0 aliphatic rings. The summed E-state index contributed by atoms with van der Waals surface area (Å²) in [6.07, 6.45) is 3.50. The predicted molar refractivity (Wildman–Crippen MR) is 76.9 cm³/mol. The highest BCUT2D eigenvalue weighted by Gasteiger charge is 2.02. The molecule has 94 valence electrons. The summed E-state index contributed by atoms with van der Waals surface area (Å²) in [7, 11) is 0. The first-order valence-corrected chi connectivity index (χ1v) is 6.80. The Morgan fingerprint density at radius 1 is 0.947 bits per heavy atom. The number of aromatic nitrogens is 3. The van der Waals surface area contributed by atoms with Gasteiger partial charge in [-0.05, 0) is 29.6 Å². The van der Waals surface area contributed by atoms with Gasteiger partial charge in [-0.2, -0.15) is 0 Å². The van der Waals surface area contributed by atoms with Crippen LogP contribution in [-0.4, -0.2) is 15.0 Å². The number of hydrogen-bond donors (Lipinski definition) is 1. The average Bonchev–Trinajstić information content (AvgIpc) is 3.00. The van der Waals surface area contributed by atoms with Crippen molar-refractivity contribution in [2.24, 2.45) is 0 Å². The molecule has 0 saturated carbocycles. The van der Waals surface area contributed by atoms with Gasteiger partial charge in [-0.25, -0.2) is 9.97 Å². The van der Waals surface area contributed by atoms with Gasteiger partial charge in [0.15, 0.2) is 0 Å². The van der Waals surface area contributed by atoms with Crippen LogP contribution in [-0.2, 0) is 6.54 Å². The topological polar surface area (TPSA) is 50.7 Å². The lowest BCUT2D eigenvalue weighted by atomic mass is 10.3. The Hall–Kier alpha value is -2.27. The molecular formula is C14H12N4S. The summed E-state index contributed by atoms with van der Waals surface area (Å²) in [5.74, 6) is 0.622. The molecule has 4 nitrogen and oxygen atoms in total. The van der Waals surface area contributed by atoms with E-state index >= 15 is 0 Å². The number of pyridine rings is 1. The van der Waals surface area contributed by atoms with Crippen molar-refractivity contribution in [3.05, 3.63) is 59.0 Å². The molecule has 0 radical (unpaired) electrons. The first-order valence-electron chi connectivity index (χ1n) is 5.92. The maximum absolute atomic E-state index is 4.46. The van der Waals surface area contributed by atoms with Crippen LogP contribution in [0.15, 0.2) is 54.2 Å². The normalized spacial score (nSPS) is 10.3. The largest absolute Gasteiger partial charge is 0.349 e. The minimum atomic E-state index is 0.622. The Labute approximate surface area is 115 Å². The molecule has 0 aromatic carbocycles. The molecule has 0 fully saturated rings. The minimum Gasteiger partial charge on any atom is -0.349 e. The molecule has 0 aliphatic heterocycles. The second-order valence-corrected chi connectivity index (χ2v) is 4.95. The van der Waals surface area contributed by atoms with Gasteiger partial charge in [0.2, 0.25) is 5.95 Å². The highest BCUT2D eigenvalue weighted by molar-refractivity contribution is 7.09. The molecule has 3 aromatic rings. The first-order chi connectivity index (χ1) is 9.42. The van der Waals surface area contributed by atoms with Gasteiger partial charge in [-0.15, -0.1) is 11.3 Å². The van der Waals surface area contributed by atoms with Gasteiger partial charge in [0.25, 0.3) is 0 Å². The van der Waals surface area contributed by atoms with Gasteiger partial charge in [0.1, 0.15) is 0 Å². The van der Waals surface area contributed by atoms with Crippen molar-refractivity contribution in [2.75, 3.05) is 5.32 Å². The quantitative estimate of drug-likeness (QED) is 0.789. The maximum atomic E-state index is 4.46. The molecule has 5 heteroatoms. The smallest absolute Gasteiger partial charge is 0.223 e. The molecule has 3 aromatic heterocycles. The third-order valence-corrected chi connectivity index (χ3v) is 3.46. The van der Waals surface area contributed by atoms with Crippen LogP contribution in [0, 0.1) is 0 Å². The van der Waals surface area contributed by atoms with Crippen LogP contribution in [0.2, 0.25) is 0 Å². The Balaban J connectivity index is 1.77. The molecular weight excluding hydrogens is 256 g/mol. The van der Waals surface area contributed by atoms with Crippen molar-refractivity contribution < 1.29 is 0 Å². The summed E-state index contributed by atoms with van der Waals surface area (Å²) in [6.45, 7) is 0.739. The number of rotatable bonds is 4. The molecule has 0 spiro atoms. The van der Waals surface area contributed by atoms with Crippen LogP contribution in [0.1, 0.15) is 4.88 Å². The molecule has 0 bridgehead atoms. The van der Waals surface area contributed by atoms with Crippen LogP contribution < -0.4 is 5.32 Å². The van der Waals surface area contributed by atoms with Crippen molar-refractivity contribution in [3.63, 3.8) is 0 Å². The van der Waals surface area contributed by atoms with E-state index in [0.717, 1.165) is 17.9 Å². The molecule has 3 heterocycles. The van der Waals surface area contributed by atoms with E-state index in [2.05, 4.69) is 31.7 Å². The lowest BCUT2D eigenvalue weighted by molar-refractivity contribution is 1.07. The van der Waals surface area contributed by atoms with E-state index in [-0.39, 0.29) is 0 Å². The molecule has 19 heavy (non-hydrogen) atoms. The van der Waals surface area contributed by atoms with Crippen LogP contribution in [0.3, 0.4) is 0 Å². The van der Waals surface area contributed by atoms with Crippen LogP contribution in [0.4, 0.5) is 5.95 Å². The standard InChI is InChI=1S/C14H12N4S/c1-2-7-15-12(5-1)13-6-8-16-14(18-13)17-10-11-4-3-9-19-11/h1-9H,10H2,(H,16,17,18). The van der Waals surface area contributed by atoms with Crippen LogP contribution >= 0.6 is 11.3 Å². The second-order valence-electron chi connectivity index (χ2n) is 3.91. The fraction of sp³-hybridized carbons (Fsp3) is 0.0714. The van der Waals surface area contributed by atoms with E-state index in [1.807, 2.05) is 30.3 Å². The molecule has 1 N–H and O–H groups in total. The summed E-state index contributed by atoms with van der Waals surface area (Å²) in [4.78, 5) is 14.2. The number of nitrogens with one attached hydrogen (secondary N) is 1. The fourth-order valence-corrected chi connectivity index (χ4v) is 2.32. The van der Waals surface area contributed by atoms with Gasteiger partial charge in [0.05, 0.1) is 17.9 Å². The summed E-state index contributed by atoms with van der Waals surface area (Å²) in [5, 5.41) is 5.28. The minimum absolute atomic E-state index is 0.622. The number of anilines is 1. The lowest BCUT2D eigenvalue weighted by Gasteiger charge is -2.05.